The molecular formula is C9H16I-. The number of halogens is 1. The summed E-state index contributed by atoms with van der Waals surface area (Å²) in [5.41, 5.74) is 0.755. The van der Waals surface area contributed by atoms with Gasteiger partial charge in [-0.2, -0.15) is 0 Å². The van der Waals surface area contributed by atoms with Crippen molar-refractivity contribution in [1.82, 2.24) is 0 Å². The first-order valence-corrected chi connectivity index (χ1v) is 6.73. The van der Waals surface area contributed by atoms with Crippen molar-refractivity contribution in [1.29, 1.82) is 0 Å². The Morgan fingerprint density at radius 1 is 1.30 bits per heavy atom. The molecule has 60 valence electrons. The van der Waals surface area contributed by atoms with E-state index < -0.39 is 0 Å². The van der Waals surface area contributed by atoms with Crippen LogP contribution in [0.4, 0.5) is 0 Å². The van der Waals surface area contributed by atoms with E-state index in [4.69, 9.17) is 0 Å². The molecule has 3 fully saturated rings. The summed E-state index contributed by atoms with van der Waals surface area (Å²) in [6.45, 7) is 7.43. The van der Waals surface area contributed by atoms with Gasteiger partial charge in [0, 0.05) is 0 Å². The van der Waals surface area contributed by atoms with Crippen LogP contribution in [0.15, 0.2) is 0 Å². The third-order valence-electron chi connectivity index (χ3n) is 3.18. The summed E-state index contributed by atoms with van der Waals surface area (Å²) in [7, 11) is 0. The number of fused-ring (bicyclic) bond motifs is 2. The van der Waals surface area contributed by atoms with Gasteiger partial charge in [0.05, 0.1) is 0 Å². The Hall–Kier alpha value is 0.730. The first-order valence-electron chi connectivity index (χ1n) is 4.24. The van der Waals surface area contributed by atoms with Crippen molar-refractivity contribution in [2.24, 2.45) is 11.3 Å². The molecule has 1 unspecified atom stereocenters. The fourth-order valence-corrected chi connectivity index (χ4v) is 7.25. The van der Waals surface area contributed by atoms with E-state index in [1.165, 1.54) is 14.3 Å². The zero-order valence-electron chi connectivity index (χ0n) is 7.02. The predicted molar refractivity (Wildman–Crippen MR) is 39.8 cm³/mol. The van der Waals surface area contributed by atoms with E-state index in [0.717, 1.165) is 11.3 Å². The zero-order chi connectivity index (χ0) is 7.35. The molecule has 0 nitrogen and oxygen atoms in total. The minimum atomic E-state index is 0.619. The first kappa shape index (κ1) is 7.38. The summed E-state index contributed by atoms with van der Waals surface area (Å²) in [6, 6.07) is 0. The molecule has 3 rings (SSSR count). The monoisotopic (exact) mass is 251 g/mol. The molecule has 1 aliphatic carbocycles. The van der Waals surface area contributed by atoms with Gasteiger partial charge >= 0.3 is 74.0 Å². The van der Waals surface area contributed by atoms with E-state index in [1.54, 1.807) is 6.42 Å². The van der Waals surface area contributed by atoms with Gasteiger partial charge < -0.3 is 0 Å². The van der Waals surface area contributed by atoms with Gasteiger partial charge in [0.2, 0.25) is 0 Å². The number of alkyl halides is 2. The van der Waals surface area contributed by atoms with E-state index in [9.17, 15) is 0 Å². The molecule has 2 saturated heterocycles. The molecule has 10 heavy (non-hydrogen) atoms. The SMILES string of the molecule is CC1CC[C@H]2[I-][C@@H]1C2(C)C. The van der Waals surface area contributed by atoms with Crippen molar-refractivity contribution < 1.29 is 21.2 Å². The third-order valence-corrected chi connectivity index (χ3v) is 9.88. The number of rotatable bonds is 0. The number of hydrogen-bond acceptors (Lipinski definition) is 0. The van der Waals surface area contributed by atoms with Gasteiger partial charge in [-0.25, -0.2) is 0 Å². The van der Waals surface area contributed by atoms with Crippen molar-refractivity contribution >= 4 is 0 Å². The molecule has 3 atom stereocenters. The Morgan fingerprint density at radius 3 is 2.30 bits per heavy atom. The van der Waals surface area contributed by atoms with Crippen molar-refractivity contribution in [2.75, 3.05) is 0 Å². The molecular weight excluding hydrogens is 235 g/mol. The van der Waals surface area contributed by atoms with Crippen LogP contribution in [-0.4, -0.2) is 7.85 Å². The average Bonchev–Trinajstić information content (AvgIpc) is 1.87. The topological polar surface area (TPSA) is 0 Å². The summed E-state index contributed by atoms with van der Waals surface area (Å²) in [5, 5.41) is 0. The van der Waals surface area contributed by atoms with Crippen LogP contribution < -0.4 is 21.2 Å². The normalized spacial score (nSPS) is 50.9. The molecule has 0 aromatic heterocycles. The molecule has 2 aliphatic heterocycles. The van der Waals surface area contributed by atoms with Crippen molar-refractivity contribution in [2.45, 2.75) is 41.5 Å². The van der Waals surface area contributed by atoms with Crippen LogP contribution >= 0.6 is 0 Å². The Kier molecular flexibility index (Phi) is 1.56. The van der Waals surface area contributed by atoms with Gasteiger partial charge in [-0.15, -0.1) is 0 Å². The Bertz CT molecular complexity index is 149. The van der Waals surface area contributed by atoms with Crippen LogP contribution in [0.5, 0.6) is 0 Å². The summed E-state index contributed by atoms with van der Waals surface area (Å²) in [4.78, 5) is 0. The van der Waals surface area contributed by atoms with E-state index in [0.29, 0.717) is 21.2 Å². The van der Waals surface area contributed by atoms with Crippen molar-refractivity contribution in [3.05, 3.63) is 0 Å². The Labute approximate surface area is 74.0 Å². The molecule has 0 aromatic carbocycles. The molecule has 2 bridgehead atoms. The third kappa shape index (κ3) is 0.788. The average molecular weight is 251 g/mol. The van der Waals surface area contributed by atoms with Gasteiger partial charge in [-0.05, 0) is 0 Å². The van der Waals surface area contributed by atoms with Gasteiger partial charge in [0.25, 0.3) is 0 Å². The molecule has 1 saturated carbocycles. The van der Waals surface area contributed by atoms with Gasteiger partial charge in [0.15, 0.2) is 0 Å². The fraction of sp³-hybridized carbons (Fsp3) is 1.00. The van der Waals surface area contributed by atoms with Gasteiger partial charge in [-0.3, -0.25) is 0 Å². The summed E-state index contributed by atoms with van der Waals surface area (Å²) < 4.78 is 2.36. The van der Waals surface area contributed by atoms with E-state index in [2.05, 4.69) is 20.8 Å². The van der Waals surface area contributed by atoms with Gasteiger partial charge in [-0.1, -0.05) is 0 Å². The first-order chi connectivity index (χ1) is 4.62. The van der Waals surface area contributed by atoms with E-state index >= 15 is 0 Å². The second-order valence-electron chi connectivity index (χ2n) is 4.37. The molecule has 2 heterocycles. The minimum absolute atomic E-state index is 0.619. The molecule has 3 aliphatic rings. The van der Waals surface area contributed by atoms with Crippen LogP contribution in [0.3, 0.4) is 0 Å². The zero-order valence-corrected chi connectivity index (χ0v) is 9.18. The molecule has 0 amide bonds. The van der Waals surface area contributed by atoms with Crippen LogP contribution in [0, 0.1) is 11.3 Å². The van der Waals surface area contributed by atoms with Crippen LogP contribution in [-0.2, 0) is 0 Å². The fourth-order valence-electron chi connectivity index (χ4n) is 2.44. The predicted octanol–water partition coefficient (Wildman–Crippen LogP) is -0.718. The van der Waals surface area contributed by atoms with Crippen molar-refractivity contribution in [3.8, 4) is 0 Å². The summed E-state index contributed by atoms with van der Waals surface area (Å²) in [5.74, 6) is 1.06. The maximum atomic E-state index is 2.49. The standard InChI is InChI=1S/C9H16I/c1-6-4-5-7-9(2,3)8(6)10-7/h6-8H,4-5H2,1-3H3/q-1/t6?,7-,8+/m1/s1. The molecule has 1 heteroatoms. The second-order valence-corrected chi connectivity index (χ2v) is 7.94. The van der Waals surface area contributed by atoms with Crippen LogP contribution in [0.1, 0.15) is 33.6 Å². The van der Waals surface area contributed by atoms with Crippen molar-refractivity contribution in [3.63, 3.8) is 0 Å². The van der Waals surface area contributed by atoms with Gasteiger partial charge in [0.1, 0.15) is 0 Å². The van der Waals surface area contributed by atoms with Crippen LogP contribution in [0.25, 0.3) is 0 Å². The van der Waals surface area contributed by atoms with Crippen LogP contribution in [0.2, 0.25) is 0 Å². The molecule has 0 N–H and O–H groups in total. The molecule has 0 radical (unpaired) electrons. The van der Waals surface area contributed by atoms with E-state index in [-0.39, 0.29) is 0 Å². The second kappa shape index (κ2) is 2.11. The Morgan fingerprint density at radius 2 is 2.00 bits per heavy atom. The quantitative estimate of drug-likeness (QED) is 0.394. The number of hydrogen-bond donors (Lipinski definition) is 0. The summed E-state index contributed by atoms with van der Waals surface area (Å²) >= 11 is 0.619. The van der Waals surface area contributed by atoms with E-state index in [1.807, 2.05) is 0 Å². The molecule has 0 spiro atoms. The molecule has 0 aromatic rings. The Balaban J connectivity index is 2.16. The summed E-state index contributed by atoms with van der Waals surface area (Å²) in [6.07, 6.45) is 3.08. The maximum absolute atomic E-state index is 2.49.